The molecule has 1 aromatic carbocycles. The first-order valence-electron chi connectivity index (χ1n) is 8.80. The molecule has 8 heteroatoms. The molecule has 6 nitrogen and oxygen atoms in total. The van der Waals surface area contributed by atoms with Gasteiger partial charge in [0.25, 0.3) is 0 Å². The second kappa shape index (κ2) is 6.55. The van der Waals surface area contributed by atoms with E-state index in [0.717, 1.165) is 30.4 Å². The van der Waals surface area contributed by atoms with Crippen molar-refractivity contribution < 1.29 is 13.2 Å². The number of halogens is 1. The van der Waals surface area contributed by atoms with Crippen LogP contribution in [0.15, 0.2) is 18.2 Å². The van der Waals surface area contributed by atoms with Gasteiger partial charge in [0.1, 0.15) is 6.54 Å². The number of benzene rings is 1. The van der Waals surface area contributed by atoms with Crippen LogP contribution in [-0.4, -0.2) is 66.9 Å². The summed E-state index contributed by atoms with van der Waals surface area (Å²) in [6.45, 7) is 2.62. The summed E-state index contributed by atoms with van der Waals surface area (Å²) in [5.41, 5.74) is 3.45. The van der Waals surface area contributed by atoms with Crippen molar-refractivity contribution in [2.75, 3.05) is 38.2 Å². The van der Waals surface area contributed by atoms with Crippen LogP contribution < -0.4 is 0 Å². The molecule has 0 spiro atoms. The summed E-state index contributed by atoms with van der Waals surface area (Å²) in [7, 11) is -0.899. The third-order valence-electron chi connectivity index (χ3n) is 5.40. The van der Waals surface area contributed by atoms with Crippen LogP contribution in [0.4, 0.5) is 0 Å². The van der Waals surface area contributed by atoms with E-state index in [4.69, 9.17) is 11.6 Å². The van der Waals surface area contributed by atoms with Gasteiger partial charge in [-0.25, -0.2) is 8.42 Å². The Hall–Kier alpha value is -1.57. The van der Waals surface area contributed by atoms with Crippen molar-refractivity contribution in [1.29, 1.82) is 0 Å². The van der Waals surface area contributed by atoms with Gasteiger partial charge in [0.05, 0.1) is 11.5 Å². The second-order valence-corrected chi connectivity index (χ2v) is 9.93. The fraction of sp³-hybridized carbons (Fsp3) is 0.500. The summed E-state index contributed by atoms with van der Waals surface area (Å²) in [4.78, 5) is 16.8. The lowest BCUT2D eigenvalue weighted by Crippen LogP contribution is -2.45. The van der Waals surface area contributed by atoms with Gasteiger partial charge in [-0.3, -0.25) is 4.79 Å². The van der Waals surface area contributed by atoms with Crippen molar-refractivity contribution in [2.24, 2.45) is 0 Å². The first kappa shape index (κ1) is 17.8. The number of sulfone groups is 1. The standard InChI is InChI=1S/C18H22ClN3O3S/c1-20-5-4-17-15(11-20)14-10-13(19)2-3-16(14)22(17)12-18(23)21-6-8-26(24,25)9-7-21/h2-3,10H,4-9,11-12H2,1H3. The summed E-state index contributed by atoms with van der Waals surface area (Å²) in [6, 6.07) is 5.81. The Kier molecular flexibility index (Phi) is 4.49. The van der Waals surface area contributed by atoms with E-state index < -0.39 is 9.84 Å². The normalized spacial score (nSPS) is 20.3. The third kappa shape index (κ3) is 3.23. The zero-order valence-electron chi connectivity index (χ0n) is 14.7. The predicted molar refractivity (Wildman–Crippen MR) is 102 cm³/mol. The SMILES string of the molecule is CN1CCc2c(c3cc(Cl)ccc3n2CC(=O)N2CCS(=O)(=O)CC2)C1. The fourth-order valence-corrected chi connectivity index (χ4v) is 5.31. The summed E-state index contributed by atoms with van der Waals surface area (Å²) >= 11 is 6.21. The maximum Gasteiger partial charge on any atom is 0.242 e. The van der Waals surface area contributed by atoms with Crippen molar-refractivity contribution in [2.45, 2.75) is 19.5 Å². The average Bonchev–Trinajstić information content (AvgIpc) is 2.87. The van der Waals surface area contributed by atoms with Crippen LogP contribution in [0.1, 0.15) is 11.3 Å². The highest BCUT2D eigenvalue weighted by Gasteiger charge is 2.28. The summed E-state index contributed by atoms with van der Waals surface area (Å²) in [5.74, 6) is 0.0985. The first-order chi connectivity index (χ1) is 12.3. The second-order valence-electron chi connectivity index (χ2n) is 7.19. The molecule has 1 amide bonds. The molecular weight excluding hydrogens is 374 g/mol. The molecule has 1 saturated heterocycles. The Morgan fingerprint density at radius 2 is 1.92 bits per heavy atom. The van der Waals surface area contributed by atoms with Crippen molar-refractivity contribution >= 4 is 38.2 Å². The van der Waals surface area contributed by atoms with Crippen molar-refractivity contribution in [3.05, 3.63) is 34.5 Å². The monoisotopic (exact) mass is 395 g/mol. The van der Waals surface area contributed by atoms with E-state index >= 15 is 0 Å². The first-order valence-corrected chi connectivity index (χ1v) is 11.0. The van der Waals surface area contributed by atoms with Gasteiger partial charge in [0.15, 0.2) is 9.84 Å². The Bertz CT molecular complexity index is 969. The van der Waals surface area contributed by atoms with Gasteiger partial charge in [-0.15, -0.1) is 0 Å². The molecule has 3 heterocycles. The van der Waals surface area contributed by atoms with Gasteiger partial charge in [-0.05, 0) is 30.8 Å². The molecule has 0 saturated carbocycles. The van der Waals surface area contributed by atoms with Crippen LogP contribution in [0.5, 0.6) is 0 Å². The lowest BCUT2D eigenvalue weighted by molar-refractivity contribution is -0.131. The van der Waals surface area contributed by atoms with Gasteiger partial charge in [0.2, 0.25) is 5.91 Å². The molecule has 2 aromatic rings. The Balaban J connectivity index is 1.67. The minimum atomic E-state index is -2.99. The van der Waals surface area contributed by atoms with Crippen LogP contribution in [0, 0.1) is 0 Å². The van der Waals surface area contributed by atoms with Crippen LogP contribution in [0.3, 0.4) is 0 Å². The van der Waals surface area contributed by atoms with E-state index in [2.05, 4.69) is 16.5 Å². The molecule has 0 unspecified atom stereocenters. The Labute approximate surface area is 158 Å². The number of amides is 1. The number of fused-ring (bicyclic) bond motifs is 3. The Morgan fingerprint density at radius 1 is 1.19 bits per heavy atom. The molecule has 4 rings (SSSR count). The van der Waals surface area contributed by atoms with E-state index in [1.807, 2.05) is 18.2 Å². The number of hydrogen-bond donors (Lipinski definition) is 0. The van der Waals surface area contributed by atoms with E-state index in [1.165, 1.54) is 11.3 Å². The number of hydrogen-bond acceptors (Lipinski definition) is 4. The van der Waals surface area contributed by atoms with Crippen LogP contribution in [-0.2, 0) is 34.1 Å². The molecule has 0 N–H and O–H groups in total. The van der Waals surface area contributed by atoms with Crippen molar-refractivity contribution in [3.8, 4) is 0 Å². The highest BCUT2D eigenvalue weighted by Crippen LogP contribution is 2.32. The minimum Gasteiger partial charge on any atom is -0.339 e. The van der Waals surface area contributed by atoms with Gasteiger partial charge in [-0.1, -0.05) is 11.6 Å². The van der Waals surface area contributed by atoms with E-state index in [1.54, 1.807) is 4.90 Å². The van der Waals surface area contributed by atoms with Crippen molar-refractivity contribution in [1.82, 2.24) is 14.4 Å². The summed E-state index contributed by atoms with van der Waals surface area (Å²) < 4.78 is 25.3. The number of nitrogens with zero attached hydrogens (tertiary/aromatic N) is 3. The van der Waals surface area contributed by atoms with E-state index in [9.17, 15) is 13.2 Å². The van der Waals surface area contributed by atoms with Gasteiger partial charge >= 0.3 is 0 Å². The lowest BCUT2D eigenvalue weighted by atomic mass is 10.1. The van der Waals surface area contributed by atoms with E-state index in [0.29, 0.717) is 5.02 Å². The molecule has 2 aliphatic rings. The maximum absolute atomic E-state index is 12.8. The summed E-state index contributed by atoms with van der Waals surface area (Å²) in [6.07, 6.45) is 0.889. The smallest absolute Gasteiger partial charge is 0.242 e. The molecule has 0 aliphatic carbocycles. The molecule has 140 valence electrons. The fourth-order valence-electron chi connectivity index (χ4n) is 3.93. The highest BCUT2D eigenvalue weighted by molar-refractivity contribution is 7.91. The molecule has 1 fully saturated rings. The number of aromatic nitrogens is 1. The minimum absolute atomic E-state index is 0.0199. The number of rotatable bonds is 2. The quantitative estimate of drug-likeness (QED) is 0.773. The average molecular weight is 396 g/mol. The Morgan fingerprint density at radius 3 is 2.65 bits per heavy atom. The molecule has 2 aliphatic heterocycles. The molecule has 0 atom stereocenters. The zero-order chi connectivity index (χ0) is 18.5. The largest absolute Gasteiger partial charge is 0.339 e. The predicted octanol–water partition coefficient (Wildman–Crippen LogP) is 1.54. The topological polar surface area (TPSA) is 62.6 Å². The molecule has 0 radical (unpaired) electrons. The summed E-state index contributed by atoms with van der Waals surface area (Å²) in [5, 5.41) is 1.80. The van der Waals surface area contributed by atoms with Crippen molar-refractivity contribution in [3.63, 3.8) is 0 Å². The van der Waals surface area contributed by atoms with Crippen LogP contribution in [0.2, 0.25) is 5.02 Å². The van der Waals surface area contributed by atoms with Crippen LogP contribution in [0.25, 0.3) is 10.9 Å². The maximum atomic E-state index is 12.8. The zero-order valence-corrected chi connectivity index (χ0v) is 16.3. The molecular formula is C18H22ClN3O3S. The number of carbonyl (C=O) groups is 1. The number of likely N-dealkylation sites (N-methyl/N-ethyl adjacent to an activating group) is 1. The van der Waals surface area contributed by atoms with Gasteiger partial charge in [-0.2, -0.15) is 0 Å². The van der Waals surface area contributed by atoms with Gasteiger partial charge < -0.3 is 14.4 Å². The molecule has 1 aromatic heterocycles. The highest BCUT2D eigenvalue weighted by atomic mass is 35.5. The van der Waals surface area contributed by atoms with Crippen LogP contribution >= 0.6 is 11.6 Å². The molecule has 0 bridgehead atoms. The van der Waals surface area contributed by atoms with Gasteiger partial charge in [0, 0.05) is 54.2 Å². The molecule has 26 heavy (non-hydrogen) atoms. The van der Waals surface area contributed by atoms with E-state index in [-0.39, 0.29) is 37.0 Å². The third-order valence-corrected chi connectivity index (χ3v) is 7.24. The number of carbonyl (C=O) groups excluding carboxylic acids is 1. The lowest BCUT2D eigenvalue weighted by Gasteiger charge is -2.28.